The van der Waals surface area contributed by atoms with Gasteiger partial charge in [0.05, 0.1) is 12.2 Å². The number of carbonyl (C=O) groups is 2. The third-order valence-corrected chi connectivity index (χ3v) is 4.29. The fraction of sp³-hybridized carbons (Fsp3) is 0.500. The summed E-state index contributed by atoms with van der Waals surface area (Å²) < 4.78 is 11.6. The highest BCUT2D eigenvalue weighted by Gasteiger charge is 2.27. The van der Waals surface area contributed by atoms with Crippen molar-refractivity contribution in [1.82, 2.24) is 4.90 Å². The molecule has 6 heteroatoms. The molecule has 1 amide bonds. The molecule has 118 valence electrons. The molecule has 22 heavy (non-hydrogen) atoms. The Bertz CT molecular complexity index is 608. The molecule has 0 N–H and O–H groups in total. The number of nitrogens with zero attached hydrogens (tertiary/aromatic N) is 1. The van der Waals surface area contributed by atoms with E-state index in [1.807, 2.05) is 4.90 Å². The number of amides is 1. The zero-order valence-electron chi connectivity index (χ0n) is 12.4. The van der Waals surface area contributed by atoms with Crippen molar-refractivity contribution in [3.05, 3.63) is 22.7 Å². The van der Waals surface area contributed by atoms with Gasteiger partial charge in [0.1, 0.15) is 6.10 Å². The predicted molar refractivity (Wildman–Crippen MR) is 81.8 cm³/mol. The number of Topliss-reactive ketones (excluding diaryl/α,β-unsaturated/α-hetero) is 1. The molecule has 0 aromatic heterocycles. The summed E-state index contributed by atoms with van der Waals surface area (Å²) in [5.41, 5.74) is 0.495. The maximum Gasteiger partial charge on any atom is 0.219 e. The molecule has 2 heterocycles. The van der Waals surface area contributed by atoms with Crippen molar-refractivity contribution in [1.29, 1.82) is 0 Å². The SMILES string of the molecule is CC(=O)N1CCC(Oc2cc(Cl)cc3c2OCCC3=O)CC1. The number of fused-ring (bicyclic) bond motifs is 1. The van der Waals surface area contributed by atoms with Gasteiger partial charge in [-0.15, -0.1) is 0 Å². The quantitative estimate of drug-likeness (QED) is 0.839. The van der Waals surface area contributed by atoms with Gasteiger partial charge in [0.15, 0.2) is 17.3 Å². The number of piperidine rings is 1. The van der Waals surface area contributed by atoms with E-state index >= 15 is 0 Å². The highest BCUT2D eigenvalue weighted by Crippen LogP contribution is 2.39. The van der Waals surface area contributed by atoms with Crippen molar-refractivity contribution in [2.75, 3.05) is 19.7 Å². The molecule has 1 aromatic carbocycles. The van der Waals surface area contributed by atoms with E-state index in [0.29, 0.717) is 48.2 Å². The molecule has 2 aliphatic heterocycles. The first-order valence-electron chi connectivity index (χ1n) is 7.46. The van der Waals surface area contributed by atoms with Crippen LogP contribution in [0, 0.1) is 0 Å². The molecule has 2 aliphatic rings. The summed E-state index contributed by atoms with van der Waals surface area (Å²) in [6, 6.07) is 3.32. The van der Waals surface area contributed by atoms with Crippen LogP contribution >= 0.6 is 11.6 Å². The van der Waals surface area contributed by atoms with Gasteiger partial charge < -0.3 is 14.4 Å². The number of likely N-dealkylation sites (tertiary alicyclic amines) is 1. The number of benzene rings is 1. The monoisotopic (exact) mass is 323 g/mol. The van der Waals surface area contributed by atoms with Crippen LogP contribution in [0.15, 0.2) is 12.1 Å². The van der Waals surface area contributed by atoms with E-state index in [-0.39, 0.29) is 17.8 Å². The molecule has 0 atom stereocenters. The second-order valence-corrected chi connectivity index (χ2v) is 6.06. The van der Waals surface area contributed by atoms with Crippen LogP contribution in [0.1, 0.15) is 36.5 Å². The summed E-state index contributed by atoms with van der Waals surface area (Å²) in [6.07, 6.45) is 1.88. The summed E-state index contributed by atoms with van der Waals surface area (Å²) in [4.78, 5) is 25.1. The average molecular weight is 324 g/mol. The van der Waals surface area contributed by atoms with Crippen molar-refractivity contribution >= 4 is 23.3 Å². The van der Waals surface area contributed by atoms with E-state index in [4.69, 9.17) is 21.1 Å². The van der Waals surface area contributed by atoms with Crippen LogP contribution < -0.4 is 9.47 Å². The van der Waals surface area contributed by atoms with Crippen LogP contribution in [0.5, 0.6) is 11.5 Å². The molecule has 0 radical (unpaired) electrons. The minimum Gasteiger partial charge on any atom is -0.488 e. The molecule has 0 saturated carbocycles. The van der Waals surface area contributed by atoms with Gasteiger partial charge in [0.25, 0.3) is 0 Å². The van der Waals surface area contributed by atoms with E-state index in [9.17, 15) is 9.59 Å². The lowest BCUT2D eigenvalue weighted by molar-refractivity contribution is -0.130. The van der Waals surface area contributed by atoms with Crippen molar-refractivity contribution in [3.63, 3.8) is 0 Å². The lowest BCUT2D eigenvalue weighted by atomic mass is 10.0. The molecule has 0 unspecified atom stereocenters. The Morgan fingerprint density at radius 2 is 2.09 bits per heavy atom. The number of rotatable bonds is 2. The van der Waals surface area contributed by atoms with Gasteiger partial charge in [-0.3, -0.25) is 9.59 Å². The van der Waals surface area contributed by atoms with Gasteiger partial charge >= 0.3 is 0 Å². The molecule has 5 nitrogen and oxygen atoms in total. The molecule has 1 saturated heterocycles. The van der Waals surface area contributed by atoms with E-state index in [1.165, 1.54) is 0 Å². The van der Waals surface area contributed by atoms with E-state index < -0.39 is 0 Å². The lowest BCUT2D eigenvalue weighted by Crippen LogP contribution is -2.40. The summed E-state index contributed by atoms with van der Waals surface area (Å²) in [5, 5.41) is 0.466. The largest absolute Gasteiger partial charge is 0.488 e. The Balaban J connectivity index is 1.76. The van der Waals surface area contributed by atoms with Gasteiger partial charge in [0.2, 0.25) is 5.91 Å². The van der Waals surface area contributed by atoms with Gasteiger partial charge in [-0.05, 0) is 6.07 Å². The number of ether oxygens (including phenoxy) is 2. The minimum absolute atomic E-state index is 0.00112. The number of hydrogen-bond donors (Lipinski definition) is 0. The summed E-state index contributed by atoms with van der Waals surface area (Å²) >= 11 is 6.09. The van der Waals surface area contributed by atoms with Crippen molar-refractivity contribution in [2.24, 2.45) is 0 Å². The second kappa shape index (κ2) is 6.16. The average Bonchev–Trinajstić information content (AvgIpc) is 2.49. The Labute approximate surface area is 134 Å². The third-order valence-electron chi connectivity index (χ3n) is 4.08. The Morgan fingerprint density at radius 3 is 2.77 bits per heavy atom. The van der Waals surface area contributed by atoms with Crippen LogP contribution in [-0.2, 0) is 4.79 Å². The topological polar surface area (TPSA) is 55.8 Å². The molecule has 0 aliphatic carbocycles. The van der Waals surface area contributed by atoms with Gasteiger partial charge in [0, 0.05) is 50.4 Å². The van der Waals surface area contributed by atoms with Crippen molar-refractivity contribution in [2.45, 2.75) is 32.3 Å². The Morgan fingerprint density at radius 1 is 1.36 bits per heavy atom. The van der Waals surface area contributed by atoms with Crippen molar-refractivity contribution in [3.8, 4) is 11.5 Å². The molecule has 1 aromatic rings. The van der Waals surface area contributed by atoms with Gasteiger partial charge in [-0.1, -0.05) is 11.6 Å². The zero-order chi connectivity index (χ0) is 15.7. The zero-order valence-corrected chi connectivity index (χ0v) is 13.2. The smallest absolute Gasteiger partial charge is 0.219 e. The standard InChI is InChI=1S/C16H18ClNO4/c1-10(19)18-5-2-12(3-6-18)22-15-9-11(17)8-13-14(20)4-7-21-16(13)15/h8-9,12H,2-7H2,1H3. The summed E-state index contributed by atoms with van der Waals surface area (Å²) in [5.74, 6) is 1.14. The van der Waals surface area contributed by atoms with Gasteiger partial charge in [-0.25, -0.2) is 0 Å². The predicted octanol–water partition coefficient (Wildman–Crippen LogP) is 2.69. The van der Waals surface area contributed by atoms with Crippen LogP contribution in [-0.4, -0.2) is 42.4 Å². The number of halogens is 1. The minimum atomic E-state index is -0.00112. The maximum atomic E-state index is 12.0. The fourth-order valence-electron chi connectivity index (χ4n) is 2.86. The first-order chi connectivity index (χ1) is 10.5. The molecule has 3 rings (SSSR count). The van der Waals surface area contributed by atoms with Gasteiger partial charge in [-0.2, -0.15) is 0 Å². The first-order valence-corrected chi connectivity index (χ1v) is 7.84. The van der Waals surface area contributed by atoms with E-state index in [0.717, 1.165) is 12.8 Å². The van der Waals surface area contributed by atoms with Crippen LogP contribution in [0.4, 0.5) is 0 Å². The fourth-order valence-corrected chi connectivity index (χ4v) is 3.07. The molecular weight excluding hydrogens is 306 g/mol. The highest BCUT2D eigenvalue weighted by atomic mass is 35.5. The Kier molecular flexibility index (Phi) is 4.25. The molecule has 0 bridgehead atoms. The number of hydrogen-bond acceptors (Lipinski definition) is 4. The Hall–Kier alpha value is -1.75. The van der Waals surface area contributed by atoms with Crippen molar-refractivity contribution < 1.29 is 19.1 Å². The van der Waals surface area contributed by atoms with Crippen LogP contribution in [0.25, 0.3) is 0 Å². The van der Waals surface area contributed by atoms with E-state index in [1.54, 1.807) is 19.1 Å². The molecule has 0 spiro atoms. The summed E-state index contributed by atoms with van der Waals surface area (Å²) in [6.45, 7) is 3.31. The molecular formula is C16H18ClNO4. The molecule has 1 fully saturated rings. The number of carbonyl (C=O) groups excluding carboxylic acids is 2. The highest BCUT2D eigenvalue weighted by molar-refractivity contribution is 6.31. The normalized spacial score (nSPS) is 18.6. The maximum absolute atomic E-state index is 12.0. The van der Waals surface area contributed by atoms with Crippen LogP contribution in [0.3, 0.4) is 0 Å². The third kappa shape index (κ3) is 3.04. The second-order valence-electron chi connectivity index (χ2n) is 5.63. The summed E-state index contributed by atoms with van der Waals surface area (Å²) in [7, 11) is 0. The van der Waals surface area contributed by atoms with E-state index in [2.05, 4.69) is 0 Å². The lowest BCUT2D eigenvalue weighted by Gasteiger charge is -2.32. The van der Waals surface area contributed by atoms with Crippen LogP contribution in [0.2, 0.25) is 5.02 Å². The first kappa shape index (κ1) is 15.2. The number of ketones is 1.